The van der Waals surface area contributed by atoms with Crippen LogP contribution in [0.1, 0.15) is 38.7 Å². The highest BCUT2D eigenvalue weighted by molar-refractivity contribution is 5.94. The zero-order chi connectivity index (χ0) is 28.4. The molecule has 0 bridgehead atoms. The van der Waals surface area contributed by atoms with Gasteiger partial charge < -0.3 is 42.0 Å². The van der Waals surface area contributed by atoms with E-state index in [9.17, 15) is 29.1 Å². The van der Waals surface area contributed by atoms with E-state index in [0.29, 0.717) is 0 Å². The Balaban J connectivity index is 2.14. The van der Waals surface area contributed by atoms with Crippen molar-refractivity contribution in [3.8, 4) is 0 Å². The van der Waals surface area contributed by atoms with Crippen LogP contribution in [-0.2, 0) is 30.4 Å². The van der Waals surface area contributed by atoms with Gasteiger partial charge in [-0.3, -0.25) is 19.2 Å². The van der Waals surface area contributed by atoms with Gasteiger partial charge in [-0.05, 0) is 36.8 Å². The Labute approximate surface area is 219 Å². The first-order valence-corrected chi connectivity index (χ1v) is 12.2. The van der Waals surface area contributed by atoms with Crippen LogP contribution in [-0.4, -0.2) is 80.7 Å². The van der Waals surface area contributed by atoms with E-state index in [1.165, 1.54) is 0 Å². The number of carboxylic acids is 2. The van der Waals surface area contributed by atoms with Crippen LogP contribution in [0.2, 0.25) is 0 Å². The number of amides is 3. The molecule has 0 spiro atoms. The van der Waals surface area contributed by atoms with Gasteiger partial charge in [-0.2, -0.15) is 0 Å². The molecule has 0 aliphatic heterocycles. The molecule has 0 aliphatic rings. The average Bonchev–Trinajstić information content (AvgIpc) is 3.26. The van der Waals surface area contributed by atoms with Crippen molar-refractivity contribution in [3.05, 3.63) is 36.0 Å². The molecule has 1 heterocycles. The van der Waals surface area contributed by atoms with E-state index < -0.39 is 66.9 Å². The lowest BCUT2D eigenvalue weighted by Crippen LogP contribution is -2.57. The van der Waals surface area contributed by atoms with Gasteiger partial charge in [0.1, 0.15) is 18.1 Å². The molecule has 3 amide bonds. The minimum Gasteiger partial charge on any atom is -0.481 e. The van der Waals surface area contributed by atoms with Gasteiger partial charge in [0.25, 0.3) is 0 Å². The number of nitrogens with one attached hydrogen (secondary N) is 4. The molecule has 4 unspecified atom stereocenters. The van der Waals surface area contributed by atoms with E-state index in [4.69, 9.17) is 15.9 Å². The molecule has 208 valence electrons. The second-order valence-electron chi connectivity index (χ2n) is 9.44. The zero-order valence-corrected chi connectivity index (χ0v) is 21.3. The van der Waals surface area contributed by atoms with Crippen LogP contribution >= 0.6 is 0 Å². The van der Waals surface area contributed by atoms with Gasteiger partial charge in [0, 0.05) is 23.5 Å². The molecule has 0 radical (unpaired) electrons. The number of carboxylic acid groups (broad SMARTS) is 2. The molecular formula is C25H35N5O8. The number of benzene rings is 1. The van der Waals surface area contributed by atoms with Crippen molar-refractivity contribution in [2.24, 2.45) is 11.7 Å². The molecule has 13 heteroatoms. The molecule has 9 N–H and O–H groups in total. The van der Waals surface area contributed by atoms with Crippen molar-refractivity contribution >= 4 is 40.6 Å². The van der Waals surface area contributed by atoms with Gasteiger partial charge in [-0.15, -0.1) is 0 Å². The number of rotatable bonds is 15. The monoisotopic (exact) mass is 533 g/mol. The number of aromatic amines is 1. The third-order valence-corrected chi connectivity index (χ3v) is 5.87. The number of carbonyl (C=O) groups is 5. The van der Waals surface area contributed by atoms with Crippen LogP contribution in [0.4, 0.5) is 0 Å². The predicted octanol–water partition coefficient (Wildman–Crippen LogP) is -0.520. The lowest BCUT2D eigenvalue weighted by atomic mass is 10.0. The standard InChI is InChI=1S/C25H35N5O8/c1-13(2)9-19(24(36)30-20(12-31)25(37)38)29-23(35)18(7-8-21(32)33)28-22(34)16(26)10-14-11-27-17-6-4-3-5-15(14)17/h3-6,11,13,16,18-20,27,31H,7-10,12,26H2,1-2H3,(H,28,34)(H,29,35)(H,30,36)(H,32,33)(H,37,38). The molecule has 2 aromatic rings. The summed E-state index contributed by atoms with van der Waals surface area (Å²) in [6.07, 6.45) is 1.30. The number of para-hydroxylation sites is 1. The van der Waals surface area contributed by atoms with E-state index in [2.05, 4.69) is 20.9 Å². The third kappa shape index (κ3) is 8.85. The Hall–Kier alpha value is -3.97. The smallest absolute Gasteiger partial charge is 0.328 e. The molecule has 2 rings (SSSR count). The SMILES string of the molecule is CC(C)CC(NC(=O)C(CCC(=O)O)NC(=O)C(N)Cc1c[nH]c2ccccc12)C(=O)NC(CO)C(=O)O. The van der Waals surface area contributed by atoms with Gasteiger partial charge in [0.2, 0.25) is 17.7 Å². The second-order valence-corrected chi connectivity index (χ2v) is 9.44. The third-order valence-electron chi connectivity index (χ3n) is 5.87. The highest BCUT2D eigenvalue weighted by atomic mass is 16.4. The number of hydrogen-bond donors (Lipinski definition) is 8. The molecule has 1 aromatic carbocycles. The molecule has 0 saturated heterocycles. The molecule has 0 fully saturated rings. The number of aromatic nitrogens is 1. The van der Waals surface area contributed by atoms with Crippen LogP contribution in [0.15, 0.2) is 30.5 Å². The van der Waals surface area contributed by atoms with Gasteiger partial charge in [0.05, 0.1) is 12.6 Å². The minimum absolute atomic E-state index is 0.0971. The number of hydrogen-bond acceptors (Lipinski definition) is 7. The molecule has 13 nitrogen and oxygen atoms in total. The topological polar surface area (TPSA) is 224 Å². The summed E-state index contributed by atoms with van der Waals surface area (Å²) in [4.78, 5) is 64.1. The van der Waals surface area contributed by atoms with Crippen LogP contribution < -0.4 is 21.7 Å². The Kier molecular flexibility index (Phi) is 11.2. The van der Waals surface area contributed by atoms with Gasteiger partial charge in [-0.1, -0.05) is 32.0 Å². The fourth-order valence-electron chi connectivity index (χ4n) is 3.88. The van der Waals surface area contributed by atoms with Crippen LogP contribution in [0.25, 0.3) is 10.9 Å². The van der Waals surface area contributed by atoms with E-state index in [1.54, 1.807) is 20.0 Å². The average molecular weight is 534 g/mol. The van der Waals surface area contributed by atoms with Gasteiger partial charge in [-0.25, -0.2) is 4.79 Å². The molecule has 0 saturated carbocycles. The minimum atomic E-state index is -1.57. The van der Waals surface area contributed by atoms with E-state index >= 15 is 0 Å². The molecular weight excluding hydrogens is 498 g/mol. The van der Waals surface area contributed by atoms with Gasteiger partial charge in [0.15, 0.2) is 0 Å². The lowest BCUT2D eigenvalue weighted by molar-refractivity contribution is -0.143. The number of nitrogens with two attached hydrogens (primary N) is 1. The summed E-state index contributed by atoms with van der Waals surface area (Å²) in [6.45, 7) is 2.70. The van der Waals surface area contributed by atoms with Crippen LogP contribution in [0.5, 0.6) is 0 Å². The first-order chi connectivity index (χ1) is 17.9. The first kappa shape index (κ1) is 30.3. The summed E-state index contributed by atoms with van der Waals surface area (Å²) in [7, 11) is 0. The van der Waals surface area contributed by atoms with Crippen LogP contribution in [0.3, 0.4) is 0 Å². The maximum absolute atomic E-state index is 13.1. The maximum atomic E-state index is 13.1. The summed E-state index contributed by atoms with van der Waals surface area (Å²) in [5.74, 6) is -5.09. The number of carbonyl (C=O) groups excluding carboxylic acids is 3. The lowest BCUT2D eigenvalue weighted by Gasteiger charge is -2.25. The fourth-order valence-corrected chi connectivity index (χ4v) is 3.88. The second kappa shape index (κ2) is 14.1. The number of aliphatic hydroxyl groups excluding tert-OH is 1. The molecule has 4 atom stereocenters. The number of aliphatic hydroxyl groups is 1. The van der Waals surface area contributed by atoms with E-state index in [-0.39, 0.29) is 25.2 Å². The Morgan fingerprint density at radius 3 is 2.13 bits per heavy atom. The first-order valence-electron chi connectivity index (χ1n) is 12.2. The Bertz CT molecular complexity index is 1150. The highest BCUT2D eigenvalue weighted by Gasteiger charge is 2.31. The summed E-state index contributed by atoms with van der Waals surface area (Å²) < 4.78 is 0. The summed E-state index contributed by atoms with van der Waals surface area (Å²) in [5, 5.41) is 35.4. The molecule has 1 aromatic heterocycles. The molecule has 0 aliphatic carbocycles. The van der Waals surface area contributed by atoms with Crippen molar-refractivity contribution in [3.63, 3.8) is 0 Å². The molecule has 38 heavy (non-hydrogen) atoms. The van der Waals surface area contributed by atoms with Crippen molar-refractivity contribution < 1.29 is 39.3 Å². The predicted molar refractivity (Wildman–Crippen MR) is 137 cm³/mol. The highest BCUT2D eigenvalue weighted by Crippen LogP contribution is 2.19. The van der Waals surface area contributed by atoms with Gasteiger partial charge >= 0.3 is 11.9 Å². The van der Waals surface area contributed by atoms with Crippen molar-refractivity contribution in [2.45, 2.75) is 63.7 Å². The Morgan fingerprint density at radius 2 is 1.53 bits per heavy atom. The van der Waals surface area contributed by atoms with E-state index in [0.717, 1.165) is 16.5 Å². The number of aliphatic carboxylic acids is 2. The van der Waals surface area contributed by atoms with E-state index in [1.807, 2.05) is 24.3 Å². The zero-order valence-electron chi connectivity index (χ0n) is 21.3. The maximum Gasteiger partial charge on any atom is 0.328 e. The quantitative estimate of drug-likeness (QED) is 0.147. The summed E-state index contributed by atoms with van der Waals surface area (Å²) >= 11 is 0. The Morgan fingerprint density at radius 1 is 0.921 bits per heavy atom. The van der Waals surface area contributed by atoms with Crippen molar-refractivity contribution in [2.75, 3.05) is 6.61 Å². The van der Waals surface area contributed by atoms with Crippen LogP contribution in [0, 0.1) is 5.92 Å². The summed E-state index contributed by atoms with van der Waals surface area (Å²) in [5.41, 5.74) is 7.76. The number of H-pyrrole nitrogens is 1. The largest absolute Gasteiger partial charge is 0.481 e. The number of fused-ring (bicyclic) bond motifs is 1. The van der Waals surface area contributed by atoms with Crippen molar-refractivity contribution in [1.82, 2.24) is 20.9 Å². The van der Waals surface area contributed by atoms with Crippen molar-refractivity contribution in [1.29, 1.82) is 0 Å². The fraction of sp³-hybridized carbons (Fsp3) is 0.480. The summed E-state index contributed by atoms with van der Waals surface area (Å²) in [6, 6.07) is 2.33. The normalized spacial score (nSPS) is 14.3.